The highest BCUT2D eigenvalue weighted by atomic mass is 16.5. The number of ether oxygens (including phenoxy) is 1. The first-order valence-corrected chi connectivity index (χ1v) is 7.20. The minimum absolute atomic E-state index is 0.254. The van der Waals surface area contributed by atoms with Crippen LogP contribution in [0.15, 0.2) is 24.3 Å². The molecule has 1 aliphatic rings. The van der Waals surface area contributed by atoms with Gasteiger partial charge in [-0.1, -0.05) is 25.5 Å². The molecule has 4 nitrogen and oxygen atoms in total. The first-order chi connectivity index (χ1) is 9.60. The summed E-state index contributed by atoms with van der Waals surface area (Å²) < 4.78 is 5.10. The summed E-state index contributed by atoms with van der Waals surface area (Å²) in [6, 6.07) is 6.97. The van der Waals surface area contributed by atoms with Crippen LogP contribution >= 0.6 is 0 Å². The maximum absolute atomic E-state index is 12.0. The van der Waals surface area contributed by atoms with E-state index in [1.54, 1.807) is 31.4 Å². The van der Waals surface area contributed by atoms with E-state index < -0.39 is 6.10 Å². The SMILES string of the molecule is CCC1(CNC(=O)C(O)c2cccc(OC)c2)CCC1. The number of aliphatic hydroxyl groups excluding tert-OH is 1. The summed E-state index contributed by atoms with van der Waals surface area (Å²) in [6.45, 7) is 2.81. The topological polar surface area (TPSA) is 58.6 Å². The number of carbonyl (C=O) groups excluding carboxylic acids is 1. The maximum Gasteiger partial charge on any atom is 0.253 e. The van der Waals surface area contributed by atoms with Crippen LogP contribution < -0.4 is 10.1 Å². The van der Waals surface area contributed by atoms with Crippen molar-refractivity contribution in [3.8, 4) is 5.75 Å². The van der Waals surface area contributed by atoms with Gasteiger partial charge < -0.3 is 15.2 Å². The summed E-state index contributed by atoms with van der Waals surface area (Å²) in [4.78, 5) is 12.0. The van der Waals surface area contributed by atoms with Gasteiger partial charge in [0.15, 0.2) is 6.10 Å². The summed E-state index contributed by atoms with van der Waals surface area (Å²) in [5.41, 5.74) is 0.810. The lowest BCUT2D eigenvalue weighted by molar-refractivity contribution is -0.130. The molecule has 2 rings (SSSR count). The molecule has 1 saturated carbocycles. The number of benzene rings is 1. The molecule has 1 fully saturated rings. The number of carbonyl (C=O) groups is 1. The Labute approximate surface area is 120 Å². The summed E-state index contributed by atoms with van der Waals surface area (Å²) in [6.07, 6.45) is 3.50. The third kappa shape index (κ3) is 3.12. The fourth-order valence-corrected chi connectivity index (χ4v) is 2.67. The zero-order chi connectivity index (χ0) is 14.6. The van der Waals surface area contributed by atoms with Crippen molar-refractivity contribution in [3.63, 3.8) is 0 Å². The monoisotopic (exact) mass is 277 g/mol. The molecule has 0 radical (unpaired) electrons. The van der Waals surface area contributed by atoms with Crippen molar-refractivity contribution in [1.82, 2.24) is 5.32 Å². The van der Waals surface area contributed by atoms with E-state index in [0.717, 1.165) is 6.42 Å². The Kier molecular flexibility index (Phi) is 4.65. The second-order valence-electron chi connectivity index (χ2n) is 5.60. The fourth-order valence-electron chi connectivity index (χ4n) is 2.67. The fraction of sp³-hybridized carbons (Fsp3) is 0.562. The average molecular weight is 277 g/mol. The molecule has 0 saturated heterocycles. The highest BCUT2D eigenvalue weighted by molar-refractivity contribution is 5.82. The largest absolute Gasteiger partial charge is 0.497 e. The van der Waals surface area contributed by atoms with E-state index >= 15 is 0 Å². The van der Waals surface area contributed by atoms with Crippen molar-refractivity contribution in [2.45, 2.75) is 38.7 Å². The van der Waals surface area contributed by atoms with Crippen molar-refractivity contribution >= 4 is 5.91 Å². The number of hydrogen-bond acceptors (Lipinski definition) is 3. The van der Waals surface area contributed by atoms with Gasteiger partial charge in [0.2, 0.25) is 0 Å². The van der Waals surface area contributed by atoms with Gasteiger partial charge in [0.25, 0.3) is 5.91 Å². The van der Waals surface area contributed by atoms with E-state index in [2.05, 4.69) is 12.2 Å². The Hall–Kier alpha value is -1.55. The lowest BCUT2D eigenvalue weighted by Gasteiger charge is -2.41. The molecule has 2 N–H and O–H groups in total. The highest BCUT2D eigenvalue weighted by Gasteiger charge is 2.35. The molecule has 4 heteroatoms. The van der Waals surface area contributed by atoms with Crippen LogP contribution in [0.5, 0.6) is 5.75 Å². The Balaban J connectivity index is 1.94. The maximum atomic E-state index is 12.0. The van der Waals surface area contributed by atoms with Crippen LogP contribution in [-0.4, -0.2) is 24.7 Å². The standard InChI is InChI=1S/C16H23NO3/c1-3-16(8-5-9-16)11-17-15(19)14(18)12-6-4-7-13(10-12)20-2/h4,6-7,10,14,18H,3,5,8-9,11H2,1-2H3,(H,17,19). The highest BCUT2D eigenvalue weighted by Crippen LogP contribution is 2.43. The van der Waals surface area contributed by atoms with Gasteiger partial charge in [-0.05, 0) is 42.4 Å². The van der Waals surface area contributed by atoms with Crippen molar-refractivity contribution in [2.24, 2.45) is 5.41 Å². The van der Waals surface area contributed by atoms with Gasteiger partial charge in [0.05, 0.1) is 7.11 Å². The number of rotatable bonds is 6. The van der Waals surface area contributed by atoms with Gasteiger partial charge in [-0.25, -0.2) is 0 Å². The molecule has 0 bridgehead atoms. The van der Waals surface area contributed by atoms with E-state index in [4.69, 9.17) is 4.74 Å². The van der Waals surface area contributed by atoms with E-state index in [1.807, 2.05) is 0 Å². The van der Waals surface area contributed by atoms with Crippen LogP contribution in [-0.2, 0) is 4.79 Å². The van der Waals surface area contributed by atoms with Crippen molar-refractivity contribution < 1.29 is 14.6 Å². The molecule has 0 aromatic heterocycles. The molecular weight excluding hydrogens is 254 g/mol. The second kappa shape index (κ2) is 6.27. The second-order valence-corrected chi connectivity index (χ2v) is 5.60. The molecule has 1 atom stereocenters. The summed E-state index contributed by atoms with van der Waals surface area (Å²) in [5.74, 6) is 0.302. The quantitative estimate of drug-likeness (QED) is 0.839. The van der Waals surface area contributed by atoms with Crippen molar-refractivity contribution in [2.75, 3.05) is 13.7 Å². The van der Waals surface area contributed by atoms with Gasteiger partial charge in [-0.15, -0.1) is 0 Å². The molecule has 110 valence electrons. The lowest BCUT2D eigenvalue weighted by Crippen LogP contribution is -2.43. The third-order valence-electron chi connectivity index (χ3n) is 4.46. The predicted octanol–water partition coefficient (Wildman–Crippen LogP) is 2.43. The minimum atomic E-state index is -1.14. The van der Waals surface area contributed by atoms with Crippen LogP contribution in [0.4, 0.5) is 0 Å². The molecular formula is C16H23NO3. The van der Waals surface area contributed by atoms with Crippen molar-refractivity contribution in [3.05, 3.63) is 29.8 Å². The predicted molar refractivity (Wildman–Crippen MR) is 77.5 cm³/mol. The molecule has 0 spiro atoms. The smallest absolute Gasteiger partial charge is 0.253 e. The molecule has 1 unspecified atom stereocenters. The van der Waals surface area contributed by atoms with E-state index in [-0.39, 0.29) is 11.3 Å². The van der Waals surface area contributed by atoms with Gasteiger partial charge in [0.1, 0.15) is 5.75 Å². The Bertz CT molecular complexity index is 463. The normalized spacial score (nSPS) is 17.9. The Morgan fingerprint density at radius 1 is 1.50 bits per heavy atom. The van der Waals surface area contributed by atoms with Gasteiger partial charge in [-0.3, -0.25) is 4.79 Å². The number of methoxy groups -OCH3 is 1. The number of nitrogens with one attached hydrogen (secondary N) is 1. The molecule has 1 aromatic rings. The number of aliphatic hydroxyl groups is 1. The number of hydrogen-bond donors (Lipinski definition) is 2. The van der Waals surface area contributed by atoms with Crippen LogP contribution in [0.2, 0.25) is 0 Å². The summed E-state index contributed by atoms with van der Waals surface area (Å²) in [7, 11) is 1.56. The number of amides is 1. The Morgan fingerprint density at radius 3 is 2.80 bits per heavy atom. The van der Waals surface area contributed by atoms with E-state index in [9.17, 15) is 9.90 Å². The molecule has 0 aliphatic heterocycles. The molecule has 1 aliphatic carbocycles. The molecule has 0 heterocycles. The van der Waals surface area contributed by atoms with Crippen LogP contribution in [0.3, 0.4) is 0 Å². The first-order valence-electron chi connectivity index (χ1n) is 7.20. The Morgan fingerprint density at radius 2 is 2.25 bits per heavy atom. The summed E-state index contributed by atoms with van der Waals surface area (Å²) >= 11 is 0. The van der Waals surface area contributed by atoms with Gasteiger partial charge >= 0.3 is 0 Å². The van der Waals surface area contributed by atoms with Crippen LogP contribution in [0.25, 0.3) is 0 Å². The zero-order valence-electron chi connectivity index (χ0n) is 12.2. The summed E-state index contributed by atoms with van der Waals surface area (Å²) in [5, 5.41) is 13.0. The van der Waals surface area contributed by atoms with Crippen LogP contribution in [0.1, 0.15) is 44.3 Å². The average Bonchev–Trinajstić information content (AvgIpc) is 2.45. The zero-order valence-corrected chi connectivity index (χ0v) is 12.2. The molecule has 1 amide bonds. The van der Waals surface area contributed by atoms with E-state index in [0.29, 0.717) is 17.9 Å². The minimum Gasteiger partial charge on any atom is -0.497 e. The van der Waals surface area contributed by atoms with Gasteiger partial charge in [0, 0.05) is 6.54 Å². The van der Waals surface area contributed by atoms with Gasteiger partial charge in [-0.2, -0.15) is 0 Å². The van der Waals surface area contributed by atoms with Crippen molar-refractivity contribution in [1.29, 1.82) is 0 Å². The van der Waals surface area contributed by atoms with E-state index in [1.165, 1.54) is 19.3 Å². The first kappa shape index (κ1) is 14.9. The molecule has 1 aromatic carbocycles. The van der Waals surface area contributed by atoms with Crippen LogP contribution in [0, 0.1) is 5.41 Å². The third-order valence-corrected chi connectivity index (χ3v) is 4.46. The lowest BCUT2D eigenvalue weighted by atomic mass is 9.67. The molecule has 20 heavy (non-hydrogen) atoms.